The van der Waals surface area contributed by atoms with Crippen molar-refractivity contribution in [2.45, 2.75) is 38.8 Å². The second-order valence-corrected chi connectivity index (χ2v) is 5.60. The molecule has 21 heavy (non-hydrogen) atoms. The van der Waals surface area contributed by atoms with E-state index >= 15 is 0 Å². The Morgan fingerprint density at radius 3 is 2.48 bits per heavy atom. The predicted octanol–water partition coefficient (Wildman–Crippen LogP) is 0.969. The van der Waals surface area contributed by atoms with Crippen LogP contribution in [0.25, 0.3) is 0 Å². The van der Waals surface area contributed by atoms with Crippen molar-refractivity contribution in [1.29, 1.82) is 0 Å². The second kappa shape index (κ2) is 6.80. The van der Waals surface area contributed by atoms with Gasteiger partial charge in [-0.1, -0.05) is 13.8 Å². The van der Waals surface area contributed by atoms with Crippen molar-refractivity contribution in [2.75, 3.05) is 13.1 Å². The average Bonchev–Trinajstić information content (AvgIpc) is 2.49. The van der Waals surface area contributed by atoms with E-state index in [4.69, 9.17) is 10.5 Å². The van der Waals surface area contributed by atoms with Crippen molar-refractivity contribution in [2.24, 2.45) is 11.7 Å². The van der Waals surface area contributed by atoms with E-state index < -0.39 is 11.9 Å². The molecule has 7 heteroatoms. The number of hydrogen-bond acceptors (Lipinski definition) is 5. The minimum Gasteiger partial charge on any atom is -0.460 e. The highest BCUT2D eigenvalue weighted by atomic mass is 19.1. The van der Waals surface area contributed by atoms with Crippen molar-refractivity contribution < 1.29 is 13.9 Å². The number of hydrogen-bond donors (Lipinski definition) is 1. The molecule has 0 spiro atoms. The lowest BCUT2D eigenvalue weighted by Crippen LogP contribution is -2.50. The van der Waals surface area contributed by atoms with E-state index in [2.05, 4.69) is 9.97 Å². The second-order valence-electron chi connectivity index (χ2n) is 5.60. The molecule has 6 nitrogen and oxygen atoms in total. The molecule has 1 amide bonds. The number of rotatable bonds is 4. The number of likely N-dealkylation sites (tertiary alicyclic amines) is 1. The summed E-state index contributed by atoms with van der Waals surface area (Å²) in [7, 11) is 0. The van der Waals surface area contributed by atoms with Crippen LogP contribution in [0.15, 0.2) is 12.4 Å². The Labute approximate surface area is 123 Å². The third kappa shape index (κ3) is 4.10. The zero-order valence-electron chi connectivity index (χ0n) is 12.3. The van der Waals surface area contributed by atoms with Crippen molar-refractivity contribution in [3.05, 3.63) is 18.2 Å². The molecule has 1 fully saturated rings. The molecule has 1 atom stereocenters. The first kappa shape index (κ1) is 15.6. The number of aromatic nitrogens is 2. The van der Waals surface area contributed by atoms with E-state index in [0.29, 0.717) is 25.9 Å². The zero-order valence-corrected chi connectivity index (χ0v) is 12.3. The lowest BCUT2D eigenvalue weighted by molar-refractivity contribution is -0.135. The van der Waals surface area contributed by atoms with Gasteiger partial charge in [-0.15, -0.1) is 0 Å². The summed E-state index contributed by atoms with van der Waals surface area (Å²) in [6.45, 7) is 5.07. The molecule has 0 saturated carbocycles. The van der Waals surface area contributed by atoms with Gasteiger partial charge in [-0.2, -0.15) is 0 Å². The summed E-state index contributed by atoms with van der Waals surface area (Å²) in [6.07, 6.45) is 3.47. The number of ether oxygens (including phenoxy) is 1. The predicted molar refractivity (Wildman–Crippen MR) is 75.0 cm³/mol. The summed E-state index contributed by atoms with van der Waals surface area (Å²) < 4.78 is 18.3. The molecular weight excluding hydrogens is 275 g/mol. The van der Waals surface area contributed by atoms with Crippen LogP contribution in [-0.2, 0) is 4.79 Å². The molecule has 1 aliphatic heterocycles. The summed E-state index contributed by atoms with van der Waals surface area (Å²) in [5.41, 5.74) is 5.89. The topological polar surface area (TPSA) is 81.3 Å². The van der Waals surface area contributed by atoms with Gasteiger partial charge in [-0.05, 0) is 5.92 Å². The van der Waals surface area contributed by atoms with E-state index in [-0.39, 0.29) is 23.9 Å². The Morgan fingerprint density at radius 2 is 1.95 bits per heavy atom. The Kier molecular flexibility index (Phi) is 5.06. The van der Waals surface area contributed by atoms with Gasteiger partial charge in [0.2, 0.25) is 5.91 Å². The first-order valence-electron chi connectivity index (χ1n) is 7.16. The number of piperidine rings is 1. The van der Waals surface area contributed by atoms with Gasteiger partial charge < -0.3 is 15.4 Å². The molecule has 0 bridgehead atoms. The summed E-state index contributed by atoms with van der Waals surface area (Å²) >= 11 is 0. The summed E-state index contributed by atoms with van der Waals surface area (Å²) in [5.74, 6) is -0.383. The van der Waals surface area contributed by atoms with E-state index in [1.165, 1.54) is 0 Å². The van der Waals surface area contributed by atoms with E-state index in [9.17, 15) is 9.18 Å². The van der Waals surface area contributed by atoms with Crippen molar-refractivity contribution in [3.8, 4) is 6.01 Å². The third-order valence-corrected chi connectivity index (χ3v) is 3.63. The molecule has 1 aliphatic rings. The van der Waals surface area contributed by atoms with E-state index in [1.807, 2.05) is 13.8 Å². The SMILES string of the molecule is CC(C)[C@H](N)C(=O)N1CCC(Oc2ncc(F)cn2)CC1. The summed E-state index contributed by atoms with van der Waals surface area (Å²) in [6, 6.07) is -0.289. The first-order valence-corrected chi connectivity index (χ1v) is 7.16. The van der Waals surface area contributed by atoms with Crippen LogP contribution >= 0.6 is 0 Å². The monoisotopic (exact) mass is 296 g/mol. The molecule has 1 saturated heterocycles. The third-order valence-electron chi connectivity index (χ3n) is 3.63. The Bertz CT molecular complexity index is 472. The van der Waals surface area contributed by atoms with Crippen LogP contribution in [0.2, 0.25) is 0 Å². The van der Waals surface area contributed by atoms with Gasteiger partial charge in [-0.25, -0.2) is 14.4 Å². The maximum Gasteiger partial charge on any atom is 0.316 e. The van der Waals surface area contributed by atoms with Gasteiger partial charge in [0.05, 0.1) is 18.4 Å². The lowest BCUT2D eigenvalue weighted by Gasteiger charge is -2.33. The largest absolute Gasteiger partial charge is 0.460 e. The molecule has 2 N–H and O–H groups in total. The molecule has 1 aromatic heterocycles. The van der Waals surface area contributed by atoms with Crippen LogP contribution < -0.4 is 10.5 Å². The number of carbonyl (C=O) groups is 1. The molecule has 2 heterocycles. The van der Waals surface area contributed by atoms with Gasteiger partial charge in [-0.3, -0.25) is 4.79 Å². The van der Waals surface area contributed by atoms with Gasteiger partial charge >= 0.3 is 6.01 Å². The fraction of sp³-hybridized carbons (Fsp3) is 0.643. The van der Waals surface area contributed by atoms with Crippen LogP contribution in [0.4, 0.5) is 4.39 Å². The van der Waals surface area contributed by atoms with Crippen LogP contribution in [0.3, 0.4) is 0 Å². The highest BCUT2D eigenvalue weighted by Gasteiger charge is 2.28. The van der Waals surface area contributed by atoms with Crippen molar-refractivity contribution >= 4 is 5.91 Å². The normalized spacial score (nSPS) is 17.9. The van der Waals surface area contributed by atoms with Gasteiger partial charge in [0.1, 0.15) is 6.10 Å². The number of nitrogens with zero attached hydrogens (tertiary/aromatic N) is 3. The molecule has 0 aromatic carbocycles. The molecular formula is C14H21FN4O2. The average molecular weight is 296 g/mol. The smallest absolute Gasteiger partial charge is 0.316 e. The minimum absolute atomic E-state index is 0.0125. The Balaban J connectivity index is 1.83. The molecule has 2 rings (SSSR count). The number of amides is 1. The van der Waals surface area contributed by atoms with Crippen LogP contribution in [0.1, 0.15) is 26.7 Å². The summed E-state index contributed by atoms with van der Waals surface area (Å²) in [4.78, 5) is 21.4. The molecule has 1 aromatic rings. The van der Waals surface area contributed by atoms with E-state index in [0.717, 1.165) is 12.4 Å². The molecule has 0 radical (unpaired) electrons. The standard InChI is InChI=1S/C14H21FN4O2/c1-9(2)12(16)13(20)19-5-3-11(4-6-19)21-14-17-7-10(15)8-18-14/h7-9,11-12H,3-6,16H2,1-2H3/t12-/m0/s1. The fourth-order valence-corrected chi connectivity index (χ4v) is 2.20. The van der Waals surface area contributed by atoms with Gasteiger partial charge in [0, 0.05) is 25.9 Å². The number of halogens is 1. The fourth-order valence-electron chi connectivity index (χ4n) is 2.20. The lowest BCUT2D eigenvalue weighted by atomic mass is 10.0. The molecule has 0 aliphatic carbocycles. The molecule has 0 unspecified atom stereocenters. The first-order chi connectivity index (χ1) is 9.97. The number of carbonyl (C=O) groups excluding carboxylic acids is 1. The van der Waals surface area contributed by atoms with E-state index in [1.54, 1.807) is 4.90 Å². The van der Waals surface area contributed by atoms with Crippen molar-refractivity contribution in [1.82, 2.24) is 14.9 Å². The quantitative estimate of drug-likeness (QED) is 0.895. The Hall–Kier alpha value is -1.76. The summed E-state index contributed by atoms with van der Waals surface area (Å²) in [5, 5.41) is 0. The highest BCUT2D eigenvalue weighted by Crippen LogP contribution is 2.17. The number of nitrogens with two attached hydrogens (primary N) is 1. The van der Waals surface area contributed by atoms with Crippen LogP contribution in [-0.4, -0.2) is 46.0 Å². The highest BCUT2D eigenvalue weighted by molar-refractivity contribution is 5.82. The maximum absolute atomic E-state index is 12.7. The minimum atomic E-state index is -0.495. The van der Waals surface area contributed by atoms with Crippen LogP contribution in [0.5, 0.6) is 6.01 Å². The Morgan fingerprint density at radius 1 is 1.38 bits per heavy atom. The molecule has 116 valence electrons. The zero-order chi connectivity index (χ0) is 15.4. The van der Waals surface area contributed by atoms with Gasteiger partial charge in [0.15, 0.2) is 5.82 Å². The van der Waals surface area contributed by atoms with Gasteiger partial charge in [0.25, 0.3) is 0 Å². The van der Waals surface area contributed by atoms with Crippen molar-refractivity contribution in [3.63, 3.8) is 0 Å². The maximum atomic E-state index is 12.7. The van der Waals surface area contributed by atoms with Crippen LogP contribution in [0, 0.1) is 11.7 Å².